The summed E-state index contributed by atoms with van der Waals surface area (Å²) in [6, 6.07) is 5.83. The molecule has 7 heteroatoms. The van der Waals surface area contributed by atoms with Crippen LogP contribution in [-0.4, -0.2) is 39.4 Å². The molecule has 5 nitrogen and oxygen atoms in total. The van der Waals surface area contributed by atoms with E-state index in [-0.39, 0.29) is 12.2 Å². The van der Waals surface area contributed by atoms with Crippen LogP contribution in [0.25, 0.3) is 0 Å². The Morgan fingerprint density at radius 2 is 1.95 bits per heavy atom. The molecule has 0 fully saturated rings. The van der Waals surface area contributed by atoms with E-state index in [4.69, 9.17) is 5.73 Å². The lowest BCUT2D eigenvalue weighted by molar-refractivity contribution is 0.460. The highest BCUT2D eigenvalue weighted by molar-refractivity contribution is 7.90. The molecule has 1 aromatic carbocycles. The lowest BCUT2D eigenvalue weighted by Crippen LogP contribution is -2.43. The summed E-state index contributed by atoms with van der Waals surface area (Å²) in [6.45, 7) is 2.55. The van der Waals surface area contributed by atoms with Gasteiger partial charge in [0.15, 0.2) is 0 Å². The van der Waals surface area contributed by atoms with Gasteiger partial charge in [0.2, 0.25) is 0 Å². The number of hydrogen-bond acceptors (Lipinski definition) is 3. The molecule has 0 bridgehead atoms. The molecule has 0 heterocycles. The Morgan fingerprint density at radius 1 is 1.32 bits per heavy atom. The van der Waals surface area contributed by atoms with Gasteiger partial charge in [0.1, 0.15) is 5.82 Å². The predicted octanol–water partition coefficient (Wildman–Crippen LogP) is 1.18. The molecule has 0 saturated heterocycles. The van der Waals surface area contributed by atoms with Crippen LogP contribution in [0.3, 0.4) is 0 Å². The summed E-state index contributed by atoms with van der Waals surface area (Å²) in [5.41, 5.74) is 5.43. The zero-order valence-corrected chi connectivity index (χ0v) is 12.0. The number of nitrogens with zero attached hydrogens (tertiary/aromatic N) is 2. The van der Waals surface area contributed by atoms with Crippen LogP contribution >= 0.6 is 0 Å². The van der Waals surface area contributed by atoms with Crippen LogP contribution in [0.4, 0.5) is 10.1 Å². The fraction of sp³-hybridized carbons (Fsp3) is 0.500. The summed E-state index contributed by atoms with van der Waals surface area (Å²) in [7, 11) is -2.26. The first kappa shape index (κ1) is 15.9. The molecule has 108 valence electrons. The van der Waals surface area contributed by atoms with Gasteiger partial charge in [-0.15, -0.1) is 0 Å². The average molecular weight is 289 g/mol. The Balaban J connectivity index is 3.06. The predicted molar refractivity (Wildman–Crippen MR) is 74.6 cm³/mol. The van der Waals surface area contributed by atoms with Crippen molar-refractivity contribution in [2.45, 2.75) is 13.3 Å². The summed E-state index contributed by atoms with van der Waals surface area (Å²) < 4.78 is 40.7. The van der Waals surface area contributed by atoms with Gasteiger partial charge >= 0.3 is 10.2 Å². The molecule has 0 unspecified atom stereocenters. The van der Waals surface area contributed by atoms with Crippen molar-refractivity contribution in [1.29, 1.82) is 0 Å². The van der Waals surface area contributed by atoms with Gasteiger partial charge < -0.3 is 5.73 Å². The van der Waals surface area contributed by atoms with Gasteiger partial charge in [-0.1, -0.05) is 12.1 Å². The number of para-hydroxylation sites is 1. The first-order valence-electron chi connectivity index (χ1n) is 6.13. The lowest BCUT2D eigenvalue weighted by Gasteiger charge is -2.28. The van der Waals surface area contributed by atoms with Crippen molar-refractivity contribution in [3.63, 3.8) is 0 Å². The third-order valence-corrected chi connectivity index (χ3v) is 4.74. The summed E-state index contributed by atoms with van der Waals surface area (Å²) in [5, 5.41) is 0. The number of rotatable bonds is 7. The van der Waals surface area contributed by atoms with E-state index in [2.05, 4.69) is 0 Å². The van der Waals surface area contributed by atoms with E-state index in [1.54, 1.807) is 13.0 Å². The van der Waals surface area contributed by atoms with E-state index >= 15 is 0 Å². The van der Waals surface area contributed by atoms with Gasteiger partial charge in [-0.3, -0.25) is 4.31 Å². The normalized spacial score (nSPS) is 11.8. The minimum Gasteiger partial charge on any atom is -0.330 e. The smallest absolute Gasteiger partial charge is 0.303 e. The van der Waals surface area contributed by atoms with Crippen molar-refractivity contribution in [3.8, 4) is 0 Å². The van der Waals surface area contributed by atoms with E-state index < -0.39 is 16.0 Å². The Labute approximate surface area is 114 Å². The molecule has 0 aromatic heterocycles. The van der Waals surface area contributed by atoms with Crippen LogP contribution in [0.15, 0.2) is 24.3 Å². The van der Waals surface area contributed by atoms with Crippen LogP contribution in [0.2, 0.25) is 0 Å². The minimum absolute atomic E-state index is 0.0598. The molecule has 2 N–H and O–H groups in total. The largest absolute Gasteiger partial charge is 0.330 e. The van der Waals surface area contributed by atoms with Gasteiger partial charge in [-0.05, 0) is 32.0 Å². The quantitative estimate of drug-likeness (QED) is 0.819. The first-order valence-corrected chi connectivity index (χ1v) is 7.53. The van der Waals surface area contributed by atoms with Crippen molar-refractivity contribution >= 4 is 15.9 Å². The van der Waals surface area contributed by atoms with E-state index in [0.717, 1.165) is 4.31 Å². The van der Waals surface area contributed by atoms with E-state index in [1.807, 2.05) is 0 Å². The second kappa shape index (κ2) is 6.83. The van der Waals surface area contributed by atoms with Gasteiger partial charge in [-0.25, -0.2) is 4.39 Å². The fourth-order valence-corrected chi connectivity index (χ4v) is 3.13. The SMILES string of the molecule is CCN(c1ccccc1F)S(=O)(=O)N(C)CCCN. The molecule has 0 spiro atoms. The van der Waals surface area contributed by atoms with Crippen LogP contribution < -0.4 is 10.0 Å². The van der Waals surface area contributed by atoms with Gasteiger partial charge in [0, 0.05) is 20.1 Å². The number of anilines is 1. The molecule has 0 radical (unpaired) electrons. The molecule has 0 amide bonds. The van der Waals surface area contributed by atoms with Crippen molar-refractivity contribution in [1.82, 2.24) is 4.31 Å². The highest BCUT2D eigenvalue weighted by Crippen LogP contribution is 2.22. The third-order valence-electron chi connectivity index (χ3n) is 2.76. The molecular formula is C12H20FN3O2S. The Kier molecular flexibility index (Phi) is 5.71. The molecule has 0 aliphatic heterocycles. The molecule has 1 aromatic rings. The Bertz CT molecular complexity index is 507. The van der Waals surface area contributed by atoms with E-state index in [1.165, 1.54) is 29.6 Å². The second-order valence-electron chi connectivity index (χ2n) is 4.09. The molecule has 0 aliphatic rings. The van der Waals surface area contributed by atoms with E-state index in [9.17, 15) is 12.8 Å². The molecule has 1 rings (SSSR count). The number of nitrogens with two attached hydrogens (primary N) is 1. The molecule has 0 saturated carbocycles. The zero-order chi connectivity index (χ0) is 14.5. The number of halogens is 1. The first-order chi connectivity index (χ1) is 8.95. The maximum atomic E-state index is 13.7. The number of hydrogen-bond donors (Lipinski definition) is 1. The zero-order valence-electron chi connectivity index (χ0n) is 11.2. The third kappa shape index (κ3) is 3.65. The standard InChI is InChI=1S/C12H20FN3O2S/c1-3-16(12-8-5-4-7-11(12)13)19(17,18)15(2)10-6-9-14/h4-5,7-8H,3,6,9-10,14H2,1-2H3. The lowest BCUT2D eigenvalue weighted by atomic mass is 10.3. The van der Waals surface area contributed by atoms with Crippen LogP contribution in [0.5, 0.6) is 0 Å². The fourth-order valence-electron chi connectivity index (χ4n) is 1.71. The van der Waals surface area contributed by atoms with E-state index in [0.29, 0.717) is 19.5 Å². The van der Waals surface area contributed by atoms with Gasteiger partial charge in [-0.2, -0.15) is 12.7 Å². The maximum Gasteiger partial charge on any atom is 0.303 e. The molecular weight excluding hydrogens is 269 g/mol. The topological polar surface area (TPSA) is 66.6 Å². The van der Waals surface area contributed by atoms with Crippen molar-refractivity contribution in [2.75, 3.05) is 31.0 Å². The van der Waals surface area contributed by atoms with Crippen molar-refractivity contribution in [2.24, 2.45) is 5.73 Å². The van der Waals surface area contributed by atoms with Gasteiger partial charge in [0.25, 0.3) is 0 Å². The van der Waals surface area contributed by atoms with Gasteiger partial charge in [0.05, 0.1) is 5.69 Å². The highest BCUT2D eigenvalue weighted by Gasteiger charge is 2.27. The summed E-state index contributed by atoms with van der Waals surface area (Å²) in [4.78, 5) is 0. The second-order valence-corrected chi connectivity index (χ2v) is 6.05. The Morgan fingerprint density at radius 3 is 2.47 bits per heavy atom. The van der Waals surface area contributed by atoms with Crippen LogP contribution in [-0.2, 0) is 10.2 Å². The molecule has 19 heavy (non-hydrogen) atoms. The van der Waals surface area contributed by atoms with Crippen molar-refractivity contribution in [3.05, 3.63) is 30.1 Å². The van der Waals surface area contributed by atoms with Crippen LogP contribution in [0, 0.1) is 5.82 Å². The summed E-state index contributed by atoms with van der Waals surface area (Å²) >= 11 is 0. The molecule has 0 aliphatic carbocycles. The summed E-state index contributed by atoms with van der Waals surface area (Å²) in [6.07, 6.45) is 0.560. The monoisotopic (exact) mass is 289 g/mol. The summed E-state index contributed by atoms with van der Waals surface area (Å²) in [5.74, 6) is -0.555. The molecule has 0 atom stereocenters. The Hall–Kier alpha value is -1.18. The van der Waals surface area contributed by atoms with Crippen LogP contribution in [0.1, 0.15) is 13.3 Å². The minimum atomic E-state index is -3.73. The maximum absolute atomic E-state index is 13.7. The van der Waals surface area contributed by atoms with Crippen molar-refractivity contribution < 1.29 is 12.8 Å². The highest BCUT2D eigenvalue weighted by atomic mass is 32.2. The average Bonchev–Trinajstić information content (AvgIpc) is 2.38. The number of benzene rings is 1.